The third-order valence-corrected chi connectivity index (χ3v) is 4.36. The fraction of sp³-hybridized carbons (Fsp3) is 0.583. The molecule has 0 fully saturated rings. The number of nitrogens with zero attached hydrogens (tertiary/aromatic N) is 1. The summed E-state index contributed by atoms with van der Waals surface area (Å²) < 4.78 is 0.899. The number of aliphatic hydroxyl groups is 1. The van der Waals surface area contributed by atoms with E-state index in [2.05, 4.69) is 0 Å². The Morgan fingerprint density at radius 3 is 2.44 bits per heavy atom. The second-order valence-electron chi connectivity index (χ2n) is 3.93. The van der Waals surface area contributed by atoms with Crippen molar-refractivity contribution in [2.75, 3.05) is 13.2 Å². The molecule has 0 spiro atoms. The van der Waals surface area contributed by atoms with E-state index in [0.717, 1.165) is 12.8 Å². The smallest absolute Gasteiger partial charge is 0.256 e. The lowest BCUT2D eigenvalue weighted by Gasteiger charge is -2.29. The van der Waals surface area contributed by atoms with Gasteiger partial charge in [-0.15, -0.1) is 11.3 Å². The maximum absolute atomic E-state index is 12.4. The number of carbonyl (C=O) groups is 1. The van der Waals surface area contributed by atoms with Gasteiger partial charge in [-0.05, 0) is 18.9 Å². The molecule has 0 saturated carbocycles. The van der Waals surface area contributed by atoms with Crippen LogP contribution in [0.3, 0.4) is 0 Å². The quantitative estimate of drug-likeness (QED) is 0.871. The molecule has 0 aliphatic carbocycles. The molecule has 0 aliphatic heterocycles. The van der Waals surface area contributed by atoms with E-state index >= 15 is 0 Å². The number of halogens is 2. The van der Waals surface area contributed by atoms with E-state index in [-0.39, 0.29) is 18.6 Å². The molecule has 3 nitrogen and oxygen atoms in total. The zero-order valence-electron chi connectivity index (χ0n) is 10.4. The molecule has 1 rings (SSSR count). The molecule has 102 valence electrons. The van der Waals surface area contributed by atoms with Crippen molar-refractivity contribution in [3.8, 4) is 0 Å². The van der Waals surface area contributed by atoms with Gasteiger partial charge in [0, 0.05) is 12.6 Å². The fourth-order valence-corrected chi connectivity index (χ4v) is 3.38. The van der Waals surface area contributed by atoms with Crippen molar-refractivity contribution in [3.05, 3.63) is 20.3 Å². The van der Waals surface area contributed by atoms with E-state index in [0.29, 0.717) is 20.8 Å². The molecule has 0 radical (unpaired) electrons. The SMILES string of the molecule is CCC(CC)N(CCO)C(=O)c1cc(Cl)sc1Cl. The molecule has 18 heavy (non-hydrogen) atoms. The van der Waals surface area contributed by atoms with Gasteiger partial charge in [-0.25, -0.2) is 0 Å². The average molecular weight is 310 g/mol. The maximum Gasteiger partial charge on any atom is 0.256 e. The largest absolute Gasteiger partial charge is 0.395 e. The van der Waals surface area contributed by atoms with Gasteiger partial charge in [0.2, 0.25) is 0 Å². The average Bonchev–Trinajstić information content (AvgIpc) is 2.68. The number of rotatable bonds is 6. The van der Waals surface area contributed by atoms with Crippen LogP contribution < -0.4 is 0 Å². The van der Waals surface area contributed by atoms with Crippen molar-refractivity contribution in [1.29, 1.82) is 0 Å². The molecule has 0 atom stereocenters. The van der Waals surface area contributed by atoms with Gasteiger partial charge in [0.1, 0.15) is 4.34 Å². The lowest BCUT2D eigenvalue weighted by molar-refractivity contribution is 0.0623. The predicted octanol–water partition coefficient (Wildman–Crippen LogP) is 3.68. The number of amides is 1. The van der Waals surface area contributed by atoms with Crippen LogP contribution in [0.15, 0.2) is 6.07 Å². The fourth-order valence-electron chi connectivity index (χ4n) is 1.93. The Hall–Kier alpha value is -0.290. The number of hydrogen-bond donors (Lipinski definition) is 1. The van der Waals surface area contributed by atoms with E-state index in [1.54, 1.807) is 11.0 Å². The number of thiophene rings is 1. The van der Waals surface area contributed by atoms with Gasteiger partial charge in [0.25, 0.3) is 5.91 Å². The number of carbonyl (C=O) groups excluding carboxylic acids is 1. The molecule has 0 saturated heterocycles. The van der Waals surface area contributed by atoms with Crippen LogP contribution in [0.25, 0.3) is 0 Å². The Morgan fingerprint density at radius 1 is 1.44 bits per heavy atom. The van der Waals surface area contributed by atoms with E-state index < -0.39 is 0 Å². The summed E-state index contributed by atoms with van der Waals surface area (Å²) in [7, 11) is 0. The molecular weight excluding hydrogens is 293 g/mol. The lowest BCUT2D eigenvalue weighted by Crippen LogP contribution is -2.41. The Bertz CT molecular complexity index is 405. The van der Waals surface area contributed by atoms with Crippen LogP contribution in [0.5, 0.6) is 0 Å². The first-order valence-electron chi connectivity index (χ1n) is 5.91. The Kier molecular flexibility index (Phi) is 6.43. The molecule has 0 unspecified atom stereocenters. The maximum atomic E-state index is 12.4. The highest BCUT2D eigenvalue weighted by Crippen LogP contribution is 2.32. The summed E-state index contributed by atoms with van der Waals surface area (Å²) in [6, 6.07) is 1.70. The summed E-state index contributed by atoms with van der Waals surface area (Å²) in [6.07, 6.45) is 1.69. The van der Waals surface area contributed by atoms with Crippen molar-refractivity contribution >= 4 is 40.4 Å². The minimum atomic E-state index is -0.161. The van der Waals surface area contributed by atoms with Gasteiger partial charge in [-0.3, -0.25) is 4.79 Å². The van der Waals surface area contributed by atoms with Crippen molar-refractivity contribution < 1.29 is 9.90 Å². The number of aliphatic hydroxyl groups excluding tert-OH is 1. The second-order valence-corrected chi connectivity index (χ2v) is 6.22. The van der Waals surface area contributed by atoms with Crippen molar-refractivity contribution in [3.63, 3.8) is 0 Å². The molecule has 1 N–H and O–H groups in total. The van der Waals surface area contributed by atoms with Crippen LogP contribution in [-0.2, 0) is 0 Å². The lowest BCUT2D eigenvalue weighted by atomic mass is 10.1. The highest BCUT2D eigenvalue weighted by molar-refractivity contribution is 7.20. The second kappa shape index (κ2) is 7.34. The topological polar surface area (TPSA) is 40.5 Å². The third kappa shape index (κ3) is 3.60. The summed E-state index contributed by atoms with van der Waals surface area (Å²) in [5, 5.41) is 9.10. The first-order chi connectivity index (χ1) is 8.54. The van der Waals surface area contributed by atoms with E-state index in [9.17, 15) is 4.79 Å². The first-order valence-corrected chi connectivity index (χ1v) is 7.49. The standard InChI is InChI=1S/C12H17Cl2NO2S/c1-3-8(4-2)15(5-6-16)12(17)9-7-10(13)18-11(9)14/h7-8,16H,3-6H2,1-2H3. The molecule has 1 aromatic heterocycles. The van der Waals surface area contributed by atoms with Crippen LogP contribution in [0.2, 0.25) is 8.67 Å². The molecule has 6 heteroatoms. The van der Waals surface area contributed by atoms with E-state index in [4.69, 9.17) is 28.3 Å². The highest BCUT2D eigenvalue weighted by Gasteiger charge is 2.25. The summed E-state index contributed by atoms with van der Waals surface area (Å²) in [5.74, 6) is -0.161. The van der Waals surface area contributed by atoms with Crippen molar-refractivity contribution in [2.24, 2.45) is 0 Å². The first kappa shape index (κ1) is 15.8. The van der Waals surface area contributed by atoms with Crippen molar-refractivity contribution in [2.45, 2.75) is 32.7 Å². The van der Waals surface area contributed by atoms with E-state index in [1.165, 1.54) is 11.3 Å². The van der Waals surface area contributed by atoms with Crippen LogP contribution in [0.1, 0.15) is 37.0 Å². The number of hydrogen-bond acceptors (Lipinski definition) is 3. The molecule has 1 heterocycles. The molecule has 0 bridgehead atoms. The van der Waals surface area contributed by atoms with Gasteiger partial charge in [0.15, 0.2) is 0 Å². The Morgan fingerprint density at radius 2 is 2.06 bits per heavy atom. The zero-order chi connectivity index (χ0) is 13.7. The summed E-state index contributed by atoms with van der Waals surface area (Å²) in [6.45, 7) is 4.30. The third-order valence-electron chi connectivity index (χ3n) is 2.87. The minimum Gasteiger partial charge on any atom is -0.395 e. The van der Waals surface area contributed by atoms with Gasteiger partial charge >= 0.3 is 0 Å². The normalized spacial score (nSPS) is 11.0. The monoisotopic (exact) mass is 309 g/mol. The van der Waals surface area contributed by atoms with Crippen LogP contribution >= 0.6 is 34.5 Å². The van der Waals surface area contributed by atoms with Crippen LogP contribution in [0, 0.1) is 0 Å². The molecular formula is C12H17Cl2NO2S. The predicted molar refractivity (Wildman–Crippen MR) is 76.8 cm³/mol. The summed E-state index contributed by atoms with van der Waals surface area (Å²) in [5.41, 5.74) is 0.423. The zero-order valence-corrected chi connectivity index (χ0v) is 12.8. The van der Waals surface area contributed by atoms with Gasteiger partial charge in [0.05, 0.1) is 16.5 Å². The molecule has 0 aliphatic rings. The molecule has 0 aromatic carbocycles. The highest BCUT2D eigenvalue weighted by atomic mass is 35.5. The van der Waals surface area contributed by atoms with Gasteiger partial charge in [-0.1, -0.05) is 37.0 Å². The summed E-state index contributed by atoms with van der Waals surface area (Å²) >= 11 is 13.0. The van der Waals surface area contributed by atoms with Crippen molar-refractivity contribution in [1.82, 2.24) is 4.90 Å². The molecule has 1 amide bonds. The van der Waals surface area contributed by atoms with Gasteiger partial charge in [-0.2, -0.15) is 0 Å². The minimum absolute atomic E-state index is 0.0578. The Labute approximate surface area is 121 Å². The van der Waals surface area contributed by atoms with Crippen LogP contribution in [-0.4, -0.2) is 35.1 Å². The summed E-state index contributed by atoms with van der Waals surface area (Å²) in [4.78, 5) is 14.1. The Balaban J connectivity index is 2.98. The van der Waals surface area contributed by atoms with Crippen LogP contribution in [0.4, 0.5) is 0 Å². The van der Waals surface area contributed by atoms with Gasteiger partial charge < -0.3 is 10.0 Å². The molecule has 1 aromatic rings. The van der Waals surface area contributed by atoms with E-state index in [1.807, 2.05) is 13.8 Å².